The van der Waals surface area contributed by atoms with Gasteiger partial charge in [0.25, 0.3) is 0 Å². The normalized spacial score (nSPS) is 8.67. The van der Waals surface area contributed by atoms with Crippen molar-refractivity contribution < 1.29 is 0 Å². The number of anilines is 1. The lowest BCUT2D eigenvalue weighted by molar-refractivity contribution is 1.44. The van der Waals surface area contributed by atoms with E-state index in [1.807, 2.05) is 6.07 Å². The smallest absolute Gasteiger partial charge is 0.0991 e. The first kappa shape index (κ1) is 8.28. The molecule has 0 aromatic heterocycles. The highest BCUT2D eigenvalue weighted by Gasteiger charge is 1.98. The van der Waals surface area contributed by atoms with Crippen molar-refractivity contribution in [3.05, 3.63) is 29.3 Å². The summed E-state index contributed by atoms with van der Waals surface area (Å²) >= 11 is 0. The third kappa shape index (κ3) is 1.43. The summed E-state index contributed by atoms with van der Waals surface area (Å²) in [6.45, 7) is 0. The van der Waals surface area contributed by atoms with Gasteiger partial charge in [0, 0.05) is 24.5 Å². The Balaban J connectivity index is 3.21. The van der Waals surface area contributed by atoms with Crippen LogP contribution >= 0.6 is 0 Å². The average molecular weight is 159 g/mol. The Morgan fingerprint density at radius 3 is 2.83 bits per heavy atom. The van der Waals surface area contributed by atoms with Crippen LogP contribution in [0.3, 0.4) is 0 Å². The van der Waals surface area contributed by atoms with Crippen molar-refractivity contribution in [2.75, 3.05) is 12.4 Å². The molecule has 0 saturated heterocycles. The second-order valence-corrected chi connectivity index (χ2v) is 2.31. The van der Waals surface area contributed by atoms with Gasteiger partial charge >= 0.3 is 0 Å². The molecule has 0 radical (unpaired) electrons. The van der Waals surface area contributed by atoms with Gasteiger partial charge in [0.1, 0.15) is 0 Å². The Morgan fingerprint density at radius 2 is 2.33 bits per heavy atom. The van der Waals surface area contributed by atoms with E-state index in [-0.39, 0.29) is 0 Å². The standard InChI is InChI=1S/C9H9N3/c1-12-9-3-2-7(5-10)4-8(9)6-11/h2-4,6,11-12H,1H3. The molecule has 0 atom stereocenters. The second-order valence-electron chi connectivity index (χ2n) is 2.31. The molecule has 3 nitrogen and oxygen atoms in total. The SMILES string of the molecule is CNc1ccc(C#N)cc1C=N. The summed E-state index contributed by atoms with van der Waals surface area (Å²) < 4.78 is 0. The van der Waals surface area contributed by atoms with E-state index in [0.717, 1.165) is 11.3 Å². The molecular weight excluding hydrogens is 150 g/mol. The fourth-order valence-corrected chi connectivity index (χ4v) is 0.979. The van der Waals surface area contributed by atoms with Crippen LogP contribution in [0, 0.1) is 16.7 Å². The maximum atomic E-state index is 8.58. The Labute approximate surface area is 71.2 Å². The zero-order valence-corrected chi connectivity index (χ0v) is 6.76. The van der Waals surface area contributed by atoms with E-state index in [1.54, 1.807) is 25.2 Å². The van der Waals surface area contributed by atoms with Crippen LogP contribution in [0.25, 0.3) is 0 Å². The molecule has 1 aromatic rings. The molecule has 0 spiro atoms. The van der Waals surface area contributed by atoms with E-state index in [4.69, 9.17) is 10.7 Å². The van der Waals surface area contributed by atoms with Crippen LogP contribution in [0.4, 0.5) is 5.69 Å². The van der Waals surface area contributed by atoms with E-state index in [9.17, 15) is 0 Å². The zero-order valence-electron chi connectivity index (χ0n) is 6.76. The van der Waals surface area contributed by atoms with E-state index < -0.39 is 0 Å². The van der Waals surface area contributed by atoms with Gasteiger partial charge in [-0.3, -0.25) is 0 Å². The molecule has 0 fully saturated rings. The van der Waals surface area contributed by atoms with Gasteiger partial charge < -0.3 is 10.7 Å². The summed E-state index contributed by atoms with van der Waals surface area (Å²) in [5, 5.41) is 18.6. The summed E-state index contributed by atoms with van der Waals surface area (Å²) in [5.41, 5.74) is 2.17. The van der Waals surface area contributed by atoms with Crippen LogP contribution < -0.4 is 5.32 Å². The lowest BCUT2D eigenvalue weighted by Gasteiger charge is -2.03. The van der Waals surface area contributed by atoms with Crippen LogP contribution in [0.15, 0.2) is 18.2 Å². The largest absolute Gasteiger partial charge is 0.388 e. The molecule has 0 aliphatic rings. The molecule has 2 N–H and O–H groups in total. The second kappa shape index (κ2) is 3.54. The summed E-state index contributed by atoms with van der Waals surface area (Å²) in [6.07, 6.45) is 1.23. The maximum absolute atomic E-state index is 8.58. The zero-order chi connectivity index (χ0) is 8.97. The molecule has 1 rings (SSSR count). The van der Waals surface area contributed by atoms with E-state index >= 15 is 0 Å². The quantitative estimate of drug-likeness (QED) is 0.644. The van der Waals surface area contributed by atoms with Gasteiger partial charge in [0.2, 0.25) is 0 Å². The molecule has 0 heterocycles. The molecule has 1 aromatic carbocycles. The van der Waals surface area contributed by atoms with Crippen molar-refractivity contribution in [2.24, 2.45) is 0 Å². The number of rotatable bonds is 2. The number of hydrogen-bond acceptors (Lipinski definition) is 3. The van der Waals surface area contributed by atoms with Crippen molar-refractivity contribution in [1.29, 1.82) is 10.7 Å². The van der Waals surface area contributed by atoms with Crippen LogP contribution in [0.5, 0.6) is 0 Å². The molecule has 0 bridgehead atoms. The molecule has 0 saturated carbocycles. The highest BCUT2D eigenvalue weighted by atomic mass is 14.8. The Bertz CT molecular complexity index is 336. The molecular formula is C9H9N3. The van der Waals surface area contributed by atoms with Crippen LogP contribution in [0.1, 0.15) is 11.1 Å². The predicted octanol–water partition coefficient (Wildman–Crippen LogP) is 1.60. The topological polar surface area (TPSA) is 59.7 Å². The molecule has 60 valence electrons. The summed E-state index contributed by atoms with van der Waals surface area (Å²) in [6, 6.07) is 7.21. The van der Waals surface area contributed by atoms with E-state index in [1.165, 1.54) is 6.21 Å². The van der Waals surface area contributed by atoms with Gasteiger partial charge in [-0.25, -0.2) is 0 Å². The van der Waals surface area contributed by atoms with E-state index in [0.29, 0.717) is 5.56 Å². The number of nitriles is 1. The lowest BCUT2D eigenvalue weighted by Crippen LogP contribution is -1.94. The fraction of sp³-hybridized carbons (Fsp3) is 0.111. The minimum atomic E-state index is 0.576. The average Bonchev–Trinajstić information content (AvgIpc) is 2.16. The van der Waals surface area contributed by atoms with Gasteiger partial charge in [-0.1, -0.05) is 0 Å². The van der Waals surface area contributed by atoms with Crippen molar-refractivity contribution in [1.82, 2.24) is 0 Å². The number of benzene rings is 1. The molecule has 0 amide bonds. The summed E-state index contributed by atoms with van der Waals surface area (Å²) in [4.78, 5) is 0. The Morgan fingerprint density at radius 1 is 1.58 bits per heavy atom. The Kier molecular flexibility index (Phi) is 2.44. The number of nitrogens with zero attached hydrogens (tertiary/aromatic N) is 1. The first-order chi connectivity index (χ1) is 5.81. The predicted molar refractivity (Wildman–Crippen MR) is 48.6 cm³/mol. The van der Waals surface area contributed by atoms with Crippen molar-refractivity contribution >= 4 is 11.9 Å². The van der Waals surface area contributed by atoms with Crippen molar-refractivity contribution in [2.45, 2.75) is 0 Å². The Hall–Kier alpha value is -1.82. The van der Waals surface area contributed by atoms with Crippen molar-refractivity contribution in [3.8, 4) is 6.07 Å². The molecule has 0 aliphatic carbocycles. The molecule has 0 aliphatic heterocycles. The lowest BCUT2D eigenvalue weighted by atomic mass is 10.1. The molecule has 3 heteroatoms. The minimum absolute atomic E-state index is 0.576. The third-order valence-electron chi connectivity index (χ3n) is 1.61. The minimum Gasteiger partial charge on any atom is -0.388 e. The van der Waals surface area contributed by atoms with Gasteiger partial charge in [-0.05, 0) is 18.2 Å². The monoisotopic (exact) mass is 159 g/mol. The molecule has 12 heavy (non-hydrogen) atoms. The van der Waals surface area contributed by atoms with Gasteiger partial charge in [0.15, 0.2) is 0 Å². The van der Waals surface area contributed by atoms with Gasteiger partial charge in [0.05, 0.1) is 11.6 Å². The van der Waals surface area contributed by atoms with Crippen LogP contribution in [-0.2, 0) is 0 Å². The van der Waals surface area contributed by atoms with Gasteiger partial charge in [-0.15, -0.1) is 0 Å². The summed E-state index contributed by atoms with van der Waals surface area (Å²) in [5.74, 6) is 0. The molecule has 0 unspecified atom stereocenters. The van der Waals surface area contributed by atoms with E-state index in [2.05, 4.69) is 5.32 Å². The first-order valence-electron chi connectivity index (χ1n) is 3.54. The number of nitrogens with one attached hydrogen (secondary N) is 2. The van der Waals surface area contributed by atoms with Crippen LogP contribution in [0.2, 0.25) is 0 Å². The highest BCUT2D eigenvalue weighted by Crippen LogP contribution is 2.14. The number of hydrogen-bond donors (Lipinski definition) is 2. The summed E-state index contributed by atoms with van der Waals surface area (Å²) in [7, 11) is 1.79. The van der Waals surface area contributed by atoms with Crippen LogP contribution in [-0.4, -0.2) is 13.3 Å². The maximum Gasteiger partial charge on any atom is 0.0991 e. The van der Waals surface area contributed by atoms with Gasteiger partial charge in [-0.2, -0.15) is 5.26 Å². The fourth-order valence-electron chi connectivity index (χ4n) is 0.979. The highest BCUT2D eigenvalue weighted by molar-refractivity contribution is 5.86. The van der Waals surface area contributed by atoms with Crippen molar-refractivity contribution in [3.63, 3.8) is 0 Å². The third-order valence-corrected chi connectivity index (χ3v) is 1.61. The first-order valence-corrected chi connectivity index (χ1v) is 3.54.